The summed E-state index contributed by atoms with van der Waals surface area (Å²) < 4.78 is 5.10. The number of aryl methyl sites for hydroxylation is 1. The lowest BCUT2D eigenvalue weighted by Crippen LogP contribution is -2.34. The van der Waals surface area contributed by atoms with Crippen LogP contribution in [0.2, 0.25) is 0 Å². The van der Waals surface area contributed by atoms with Crippen molar-refractivity contribution >= 4 is 11.5 Å². The van der Waals surface area contributed by atoms with E-state index in [0.717, 1.165) is 11.1 Å². The maximum absolute atomic E-state index is 12.0. The SMILES string of the molecule is C=C(c1ccc(C(=O)OCCN)cc1)c1cc2c(cc1C)C(C)(C)CCC2(C)C. The highest BCUT2D eigenvalue weighted by molar-refractivity contribution is 5.90. The van der Waals surface area contributed by atoms with E-state index in [1.807, 2.05) is 12.1 Å². The van der Waals surface area contributed by atoms with Crippen LogP contribution in [0.5, 0.6) is 0 Å². The molecular weight excluding hydrogens is 358 g/mol. The third-order valence-corrected chi connectivity index (χ3v) is 6.34. The van der Waals surface area contributed by atoms with Crippen LogP contribution in [-0.2, 0) is 15.6 Å². The van der Waals surface area contributed by atoms with Crippen LogP contribution < -0.4 is 5.73 Å². The fraction of sp³-hybridized carbons (Fsp3) is 0.423. The highest BCUT2D eigenvalue weighted by atomic mass is 16.5. The van der Waals surface area contributed by atoms with Gasteiger partial charge in [0.25, 0.3) is 0 Å². The van der Waals surface area contributed by atoms with Crippen LogP contribution in [0.25, 0.3) is 5.57 Å². The first-order valence-electron chi connectivity index (χ1n) is 10.4. The van der Waals surface area contributed by atoms with Gasteiger partial charge >= 0.3 is 5.97 Å². The summed E-state index contributed by atoms with van der Waals surface area (Å²) in [6.07, 6.45) is 2.38. The Morgan fingerprint density at radius 1 is 1.00 bits per heavy atom. The first kappa shape index (κ1) is 21.3. The summed E-state index contributed by atoms with van der Waals surface area (Å²) >= 11 is 0. The Balaban J connectivity index is 1.95. The molecule has 2 aromatic carbocycles. The van der Waals surface area contributed by atoms with E-state index in [0.29, 0.717) is 12.1 Å². The molecule has 29 heavy (non-hydrogen) atoms. The fourth-order valence-corrected chi connectivity index (χ4v) is 4.25. The van der Waals surface area contributed by atoms with E-state index in [2.05, 4.69) is 53.3 Å². The molecule has 0 heterocycles. The fourth-order valence-electron chi connectivity index (χ4n) is 4.25. The molecule has 0 bridgehead atoms. The van der Waals surface area contributed by atoms with Gasteiger partial charge in [0.05, 0.1) is 5.56 Å². The van der Waals surface area contributed by atoms with E-state index in [-0.39, 0.29) is 23.4 Å². The van der Waals surface area contributed by atoms with Gasteiger partial charge in [-0.05, 0) is 76.1 Å². The largest absolute Gasteiger partial charge is 0.461 e. The number of carbonyl (C=O) groups excluding carboxylic acids is 1. The number of hydrogen-bond acceptors (Lipinski definition) is 3. The molecule has 0 spiro atoms. The van der Waals surface area contributed by atoms with Crippen molar-refractivity contribution in [2.24, 2.45) is 5.73 Å². The average molecular weight is 392 g/mol. The van der Waals surface area contributed by atoms with Crippen molar-refractivity contribution in [1.29, 1.82) is 0 Å². The second kappa shape index (κ2) is 7.79. The Kier molecular flexibility index (Phi) is 5.73. The summed E-state index contributed by atoms with van der Waals surface area (Å²) in [6.45, 7) is 16.5. The predicted octanol–water partition coefficient (Wildman–Crippen LogP) is 5.52. The molecule has 154 valence electrons. The van der Waals surface area contributed by atoms with Gasteiger partial charge in [0, 0.05) is 6.54 Å². The number of benzene rings is 2. The van der Waals surface area contributed by atoms with Gasteiger partial charge in [0.15, 0.2) is 0 Å². The van der Waals surface area contributed by atoms with Crippen molar-refractivity contribution in [2.45, 2.75) is 58.3 Å². The second-order valence-electron chi connectivity index (χ2n) is 9.46. The summed E-state index contributed by atoms with van der Waals surface area (Å²) in [4.78, 5) is 12.0. The molecule has 0 atom stereocenters. The molecule has 1 aliphatic carbocycles. The third kappa shape index (κ3) is 4.16. The number of fused-ring (bicyclic) bond motifs is 1. The summed E-state index contributed by atoms with van der Waals surface area (Å²) in [5.74, 6) is -0.346. The third-order valence-electron chi connectivity index (χ3n) is 6.34. The minimum absolute atomic E-state index is 0.157. The zero-order valence-corrected chi connectivity index (χ0v) is 18.4. The average Bonchev–Trinajstić information content (AvgIpc) is 2.69. The summed E-state index contributed by atoms with van der Waals surface area (Å²) in [5, 5.41) is 0. The first-order chi connectivity index (χ1) is 13.6. The number of carbonyl (C=O) groups is 1. The lowest BCUT2D eigenvalue weighted by Gasteiger charge is -2.42. The molecule has 2 N–H and O–H groups in total. The molecule has 0 aromatic heterocycles. The van der Waals surface area contributed by atoms with E-state index < -0.39 is 0 Å². The smallest absolute Gasteiger partial charge is 0.338 e. The van der Waals surface area contributed by atoms with Crippen LogP contribution in [0.1, 0.15) is 78.7 Å². The molecule has 0 saturated heterocycles. The van der Waals surface area contributed by atoms with Gasteiger partial charge in [-0.25, -0.2) is 4.79 Å². The van der Waals surface area contributed by atoms with Gasteiger partial charge in [-0.1, -0.05) is 58.5 Å². The Hall–Kier alpha value is -2.39. The Morgan fingerprint density at radius 2 is 1.52 bits per heavy atom. The zero-order chi connectivity index (χ0) is 21.4. The van der Waals surface area contributed by atoms with E-state index in [9.17, 15) is 4.79 Å². The predicted molar refractivity (Wildman–Crippen MR) is 120 cm³/mol. The van der Waals surface area contributed by atoms with Gasteiger partial charge in [0.2, 0.25) is 0 Å². The van der Waals surface area contributed by atoms with Crippen molar-refractivity contribution in [3.05, 3.63) is 76.4 Å². The van der Waals surface area contributed by atoms with Crippen LogP contribution in [0, 0.1) is 6.92 Å². The number of nitrogens with two attached hydrogens (primary N) is 1. The van der Waals surface area contributed by atoms with Crippen molar-refractivity contribution in [1.82, 2.24) is 0 Å². The molecule has 3 rings (SSSR count). The first-order valence-corrected chi connectivity index (χ1v) is 10.4. The monoisotopic (exact) mass is 391 g/mol. The molecule has 0 radical (unpaired) electrons. The highest BCUT2D eigenvalue weighted by Crippen LogP contribution is 2.47. The van der Waals surface area contributed by atoms with Crippen molar-refractivity contribution in [3.8, 4) is 0 Å². The second-order valence-corrected chi connectivity index (χ2v) is 9.46. The van der Waals surface area contributed by atoms with Gasteiger partial charge in [-0.2, -0.15) is 0 Å². The normalized spacial score (nSPS) is 16.8. The molecule has 3 heteroatoms. The lowest BCUT2D eigenvalue weighted by molar-refractivity contribution is 0.0517. The molecule has 0 aliphatic heterocycles. The molecule has 1 aliphatic rings. The van der Waals surface area contributed by atoms with E-state index in [1.165, 1.54) is 35.1 Å². The molecule has 0 unspecified atom stereocenters. The van der Waals surface area contributed by atoms with Crippen molar-refractivity contribution in [3.63, 3.8) is 0 Å². The summed E-state index contributed by atoms with van der Waals surface area (Å²) in [7, 11) is 0. The van der Waals surface area contributed by atoms with Crippen LogP contribution in [-0.4, -0.2) is 19.1 Å². The molecule has 0 saturated carbocycles. The van der Waals surface area contributed by atoms with Crippen molar-refractivity contribution in [2.75, 3.05) is 13.2 Å². The van der Waals surface area contributed by atoms with Crippen LogP contribution in [0.4, 0.5) is 0 Å². The maximum atomic E-state index is 12.0. The van der Waals surface area contributed by atoms with Crippen LogP contribution in [0.15, 0.2) is 43.0 Å². The Morgan fingerprint density at radius 3 is 2.07 bits per heavy atom. The Labute approximate surface area is 175 Å². The van der Waals surface area contributed by atoms with Gasteiger partial charge in [-0.15, -0.1) is 0 Å². The molecule has 0 amide bonds. The number of esters is 1. The maximum Gasteiger partial charge on any atom is 0.338 e. The van der Waals surface area contributed by atoms with Crippen LogP contribution in [0.3, 0.4) is 0 Å². The lowest BCUT2D eigenvalue weighted by atomic mass is 9.62. The number of rotatable bonds is 5. The zero-order valence-electron chi connectivity index (χ0n) is 18.4. The molecule has 0 fully saturated rings. The molecular formula is C26H33NO2. The Bertz CT molecular complexity index is 936. The van der Waals surface area contributed by atoms with E-state index in [1.54, 1.807) is 12.1 Å². The summed E-state index contributed by atoms with van der Waals surface area (Å²) in [5.41, 5.74) is 13.6. The molecule has 3 nitrogen and oxygen atoms in total. The van der Waals surface area contributed by atoms with Gasteiger partial charge in [-0.3, -0.25) is 0 Å². The number of hydrogen-bond donors (Lipinski definition) is 1. The van der Waals surface area contributed by atoms with E-state index >= 15 is 0 Å². The minimum Gasteiger partial charge on any atom is -0.461 e. The topological polar surface area (TPSA) is 52.3 Å². The van der Waals surface area contributed by atoms with Crippen molar-refractivity contribution < 1.29 is 9.53 Å². The molecule has 2 aromatic rings. The minimum atomic E-state index is -0.346. The highest BCUT2D eigenvalue weighted by Gasteiger charge is 2.37. The quantitative estimate of drug-likeness (QED) is 0.683. The standard InChI is InChI=1S/C26H33NO2/c1-17-15-22-23(26(5,6)12-11-25(22,3)4)16-21(17)18(2)19-7-9-20(10-8-19)24(28)29-14-13-27/h7-10,15-16H,2,11-14,27H2,1,3-6H3. The van der Waals surface area contributed by atoms with Gasteiger partial charge < -0.3 is 10.5 Å². The number of ether oxygens (including phenoxy) is 1. The summed E-state index contributed by atoms with van der Waals surface area (Å²) in [6, 6.07) is 12.2. The van der Waals surface area contributed by atoms with E-state index in [4.69, 9.17) is 10.5 Å². The van der Waals surface area contributed by atoms with Gasteiger partial charge in [0.1, 0.15) is 6.61 Å². The van der Waals surface area contributed by atoms with Crippen LogP contribution >= 0.6 is 0 Å².